The maximum Gasteiger partial charge on any atom is 0.139 e. The molecule has 0 amide bonds. The molecule has 1 atom stereocenters. The largest absolute Gasteiger partial charge is 0.387 e. The Labute approximate surface area is 133 Å². The molecule has 0 aliphatic heterocycles. The van der Waals surface area contributed by atoms with Crippen LogP contribution in [0.15, 0.2) is 79.7 Å². The number of nitrogens with zero attached hydrogens (tertiary/aromatic N) is 2. The van der Waals surface area contributed by atoms with Gasteiger partial charge in [-0.2, -0.15) is 0 Å². The summed E-state index contributed by atoms with van der Waals surface area (Å²) in [6.45, 7) is 11.9. The Morgan fingerprint density at radius 2 is 2.14 bits per heavy atom. The number of imidazole rings is 1. The van der Waals surface area contributed by atoms with Crippen molar-refractivity contribution in [1.29, 1.82) is 0 Å². The second-order valence-corrected chi connectivity index (χ2v) is 4.86. The van der Waals surface area contributed by atoms with Gasteiger partial charge in [0.05, 0.1) is 12.6 Å². The van der Waals surface area contributed by atoms with E-state index in [4.69, 9.17) is 0 Å². The van der Waals surface area contributed by atoms with E-state index < -0.39 is 6.10 Å². The molecule has 116 valence electrons. The zero-order valence-electron chi connectivity index (χ0n) is 13.3. The number of hydrogen-bond donors (Lipinski definition) is 1. The molecule has 1 N–H and O–H groups in total. The van der Waals surface area contributed by atoms with E-state index in [-0.39, 0.29) is 0 Å². The van der Waals surface area contributed by atoms with Crippen molar-refractivity contribution in [2.45, 2.75) is 26.5 Å². The van der Waals surface area contributed by atoms with Gasteiger partial charge in [0.2, 0.25) is 0 Å². The van der Waals surface area contributed by atoms with Gasteiger partial charge in [0.1, 0.15) is 5.82 Å². The Kier molecular flexibility index (Phi) is 7.65. The fourth-order valence-electron chi connectivity index (χ4n) is 1.83. The van der Waals surface area contributed by atoms with E-state index in [0.29, 0.717) is 6.54 Å². The second-order valence-electron chi connectivity index (χ2n) is 4.86. The van der Waals surface area contributed by atoms with Crippen molar-refractivity contribution < 1.29 is 5.11 Å². The zero-order chi connectivity index (χ0) is 16.4. The first-order chi connectivity index (χ1) is 10.6. The lowest BCUT2D eigenvalue weighted by Gasteiger charge is -2.14. The van der Waals surface area contributed by atoms with Crippen molar-refractivity contribution in [2.75, 3.05) is 0 Å². The average Bonchev–Trinajstić information content (AvgIpc) is 2.95. The van der Waals surface area contributed by atoms with E-state index in [2.05, 4.69) is 18.1 Å². The molecule has 0 aliphatic carbocycles. The fraction of sp³-hybridized carbons (Fsp3) is 0.211. The Morgan fingerprint density at radius 1 is 1.36 bits per heavy atom. The highest BCUT2D eigenvalue weighted by molar-refractivity contribution is 5.67. The van der Waals surface area contributed by atoms with Gasteiger partial charge in [-0.05, 0) is 19.4 Å². The molecule has 0 bridgehead atoms. The van der Waals surface area contributed by atoms with Crippen molar-refractivity contribution in [3.05, 3.63) is 85.6 Å². The topological polar surface area (TPSA) is 38.0 Å². The van der Waals surface area contributed by atoms with Crippen molar-refractivity contribution in [3.8, 4) is 0 Å². The summed E-state index contributed by atoms with van der Waals surface area (Å²) >= 11 is 0. The summed E-state index contributed by atoms with van der Waals surface area (Å²) in [6.07, 6.45) is 18.0. The van der Waals surface area contributed by atoms with Crippen LogP contribution in [0, 0.1) is 0 Å². The van der Waals surface area contributed by atoms with Crippen LogP contribution in [0.5, 0.6) is 0 Å². The van der Waals surface area contributed by atoms with Crippen LogP contribution >= 0.6 is 0 Å². The lowest BCUT2D eigenvalue weighted by molar-refractivity contribution is 0.189. The molecule has 0 aliphatic rings. The van der Waals surface area contributed by atoms with Crippen LogP contribution in [0.2, 0.25) is 0 Å². The molecule has 1 aromatic rings. The minimum absolute atomic E-state index is 0.441. The molecule has 3 heteroatoms. The van der Waals surface area contributed by atoms with Gasteiger partial charge < -0.3 is 9.67 Å². The van der Waals surface area contributed by atoms with Gasteiger partial charge in [-0.15, -0.1) is 0 Å². The van der Waals surface area contributed by atoms with E-state index in [9.17, 15) is 5.11 Å². The van der Waals surface area contributed by atoms with Gasteiger partial charge in [0.15, 0.2) is 0 Å². The van der Waals surface area contributed by atoms with Gasteiger partial charge in [0, 0.05) is 18.0 Å². The third-order valence-corrected chi connectivity index (χ3v) is 3.11. The fourth-order valence-corrected chi connectivity index (χ4v) is 1.83. The van der Waals surface area contributed by atoms with Gasteiger partial charge >= 0.3 is 0 Å². The van der Waals surface area contributed by atoms with Gasteiger partial charge in [-0.25, -0.2) is 4.98 Å². The molecule has 0 aromatic carbocycles. The molecule has 1 aromatic heterocycles. The third-order valence-electron chi connectivity index (χ3n) is 3.11. The smallest absolute Gasteiger partial charge is 0.139 e. The Morgan fingerprint density at radius 3 is 2.82 bits per heavy atom. The first-order valence-electron chi connectivity index (χ1n) is 7.23. The number of allylic oxidation sites excluding steroid dienone is 9. The van der Waals surface area contributed by atoms with Crippen molar-refractivity contribution in [1.82, 2.24) is 9.55 Å². The zero-order valence-corrected chi connectivity index (χ0v) is 13.3. The van der Waals surface area contributed by atoms with E-state index in [0.717, 1.165) is 17.0 Å². The number of rotatable bonds is 8. The second kappa shape index (κ2) is 9.53. The first kappa shape index (κ1) is 17.7. The Bertz CT molecular complexity index is 615. The van der Waals surface area contributed by atoms with Crippen LogP contribution < -0.4 is 0 Å². The number of aliphatic hydroxyl groups excluding tert-OH is 1. The van der Waals surface area contributed by atoms with Crippen LogP contribution in [-0.2, 0) is 6.54 Å². The molecule has 1 unspecified atom stereocenters. The lowest BCUT2D eigenvalue weighted by Crippen LogP contribution is -2.18. The summed E-state index contributed by atoms with van der Waals surface area (Å²) in [7, 11) is 0. The maximum absolute atomic E-state index is 10.3. The van der Waals surface area contributed by atoms with E-state index in [1.54, 1.807) is 12.3 Å². The number of aliphatic hydroxyl groups is 1. The van der Waals surface area contributed by atoms with Crippen molar-refractivity contribution in [2.24, 2.45) is 0 Å². The summed E-state index contributed by atoms with van der Waals surface area (Å²) in [4.78, 5) is 4.31. The average molecular weight is 296 g/mol. The summed E-state index contributed by atoms with van der Waals surface area (Å²) < 4.78 is 1.90. The van der Waals surface area contributed by atoms with Gasteiger partial charge in [0.25, 0.3) is 0 Å². The Balaban J connectivity index is 2.81. The van der Waals surface area contributed by atoms with Gasteiger partial charge in [-0.3, -0.25) is 0 Å². The predicted octanol–water partition coefficient (Wildman–Crippen LogP) is 4.08. The van der Waals surface area contributed by atoms with Crippen LogP contribution in [0.3, 0.4) is 0 Å². The predicted molar refractivity (Wildman–Crippen MR) is 94.3 cm³/mol. The summed E-state index contributed by atoms with van der Waals surface area (Å²) in [6, 6.07) is 0. The number of aromatic nitrogens is 2. The molecule has 0 saturated heterocycles. The van der Waals surface area contributed by atoms with E-state index in [1.165, 1.54) is 0 Å². The van der Waals surface area contributed by atoms with E-state index in [1.807, 2.05) is 67.1 Å². The quantitative estimate of drug-likeness (QED) is 0.734. The minimum Gasteiger partial charge on any atom is -0.387 e. The van der Waals surface area contributed by atoms with Crippen LogP contribution in [0.25, 0.3) is 5.57 Å². The summed E-state index contributed by atoms with van der Waals surface area (Å²) in [5.74, 6) is 0.759. The first-order valence-corrected chi connectivity index (χ1v) is 7.23. The Hall–Kier alpha value is -2.39. The number of hydrogen-bond acceptors (Lipinski definition) is 2. The van der Waals surface area contributed by atoms with Crippen molar-refractivity contribution in [3.63, 3.8) is 0 Å². The van der Waals surface area contributed by atoms with E-state index >= 15 is 0 Å². The highest BCUT2D eigenvalue weighted by atomic mass is 16.3. The summed E-state index contributed by atoms with van der Waals surface area (Å²) in [5, 5.41) is 10.3. The SMILES string of the molecule is C=C/C=C\C=C(/C)C(O)Cn1ccnc1C(=C)/C=C\C=C/C. The molecular weight excluding hydrogens is 272 g/mol. The molecule has 3 nitrogen and oxygen atoms in total. The van der Waals surface area contributed by atoms with Gasteiger partial charge in [-0.1, -0.05) is 61.8 Å². The molecule has 1 rings (SSSR count). The van der Waals surface area contributed by atoms with Crippen LogP contribution in [0.1, 0.15) is 19.7 Å². The third kappa shape index (κ3) is 5.54. The standard InChI is InChI=1S/C19H24N2O/c1-5-7-9-11-16(3)18(22)15-21-14-13-20-19(21)17(4)12-10-8-6-2/h5-14,18,22H,1,4,15H2,2-3H3/b8-6-,9-7-,12-10-,16-11+. The summed E-state index contributed by atoms with van der Waals surface area (Å²) in [5.41, 5.74) is 1.69. The highest BCUT2D eigenvalue weighted by Gasteiger charge is 2.11. The lowest BCUT2D eigenvalue weighted by atomic mass is 10.1. The monoisotopic (exact) mass is 296 g/mol. The van der Waals surface area contributed by atoms with Crippen molar-refractivity contribution >= 4 is 5.57 Å². The molecule has 22 heavy (non-hydrogen) atoms. The molecular formula is C19H24N2O. The molecule has 1 heterocycles. The highest BCUT2D eigenvalue weighted by Crippen LogP contribution is 2.14. The van der Waals surface area contributed by atoms with Crippen LogP contribution in [0.4, 0.5) is 0 Å². The molecule has 0 fully saturated rings. The van der Waals surface area contributed by atoms with Crippen LogP contribution in [-0.4, -0.2) is 20.8 Å². The molecule has 0 spiro atoms. The maximum atomic E-state index is 10.3. The molecule has 0 radical (unpaired) electrons. The molecule has 0 saturated carbocycles. The normalized spacial score (nSPS) is 14.2. The minimum atomic E-state index is -0.574.